The molecule has 0 fully saturated rings. The van der Waals surface area contributed by atoms with Crippen molar-refractivity contribution in [3.05, 3.63) is 111 Å². The second-order valence-electron chi connectivity index (χ2n) is 8.11. The first-order valence-electron chi connectivity index (χ1n) is 11.0. The molecule has 8 heteroatoms. The van der Waals surface area contributed by atoms with Crippen LogP contribution in [0.4, 0.5) is 10.2 Å². The minimum absolute atomic E-state index is 0.387. The van der Waals surface area contributed by atoms with Gasteiger partial charge in [-0.1, -0.05) is 43.0 Å². The number of benzene rings is 2. The standard InChI is InChI=1S/C27H24FIN4O2/c1-4-19(28)14-13-16(2)22-23-17(3)32-33(21-11-6-5-7-12-21)25(23)31-27(35)24(22)30-26(34)18-9-8-10-20(29)15-18/h4-15,22,24H,2H2,1,3H3,(H,30,34)(H,31,35)/b14-13-,19-4+/t22-,24-/m0/s1. The number of fused-ring (bicyclic) bond motifs is 1. The number of nitrogens with zero attached hydrogens (tertiary/aromatic N) is 2. The molecule has 1 aliphatic heterocycles. The highest BCUT2D eigenvalue weighted by Gasteiger charge is 2.41. The van der Waals surface area contributed by atoms with Crippen LogP contribution >= 0.6 is 22.6 Å². The van der Waals surface area contributed by atoms with Gasteiger partial charge in [0, 0.05) is 20.6 Å². The van der Waals surface area contributed by atoms with E-state index in [0.717, 1.165) is 14.8 Å². The van der Waals surface area contributed by atoms with E-state index in [9.17, 15) is 14.0 Å². The third-order valence-corrected chi connectivity index (χ3v) is 6.45. The van der Waals surface area contributed by atoms with Crippen molar-refractivity contribution in [3.8, 4) is 5.69 Å². The minimum Gasteiger partial charge on any atom is -0.339 e. The summed E-state index contributed by atoms with van der Waals surface area (Å²) < 4.78 is 16.4. The van der Waals surface area contributed by atoms with Crippen LogP contribution in [0.3, 0.4) is 0 Å². The normalized spacial score (nSPS) is 17.7. The number of carbonyl (C=O) groups excluding carboxylic acids is 2. The lowest BCUT2D eigenvalue weighted by Gasteiger charge is -2.33. The van der Waals surface area contributed by atoms with Crippen molar-refractivity contribution in [3.63, 3.8) is 0 Å². The number of hydrogen-bond acceptors (Lipinski definition) is 3. The fourth-order valence-electron chi connectivity index (χ4n) is 4.09. The van der Waals surface area contributed by atoms with Crippen LogP contribution in [0.15, 0.2) is 90.8 Å². The zero-order chi connectivity index (χ0) is 25.1. The Hall–Kier alpha value is -3.53. The van der Waals surface area contributed by atoms with Crippen molar-refractivity contribution >= 4 is 40.2 Å². The first-order valence-corrected chi connectivity index (χ1v) is 12.1. The molecule has 0 aliphatic carbocycles. The summed E-state index contributed by atoms with van der Waals surface area (Å²) in [6.07, 6.45) is 4.16. The van der Waals surface area contributed by atoms with Crippen molar-refractivity contribution in [2.75, 3.05) is 5.32 Å². The Bertz CT molecular complexity index is 1360. The molecule has 2 heterocycles. The highest BCUT2D eigenvalue weighted by molar-refractivity contribution is 14.1. The van der Waals surface area contributed by atoms with Crippen LogP contribution in [0, 0.1) is 10.5 Å². The molecule has 0 radical (unpaired) electrons. The van der Waals surface area contributed by atoms with E-state index in [-0.39, 0.29) is 5.91 Å². The Balaban J connectivity index is 1.79. The van der Waals surface area contributed by atoms with Gasteiger partial charge in [0.1, 0.15) is 17.7 Å². The van der Waals surface area contributed by atoms with Gasteiger partial charge in [0.2, 0.25) is 5.91 Å². The molecule has 2 aromatic carbocycles. The highest BCUT2D eigenvalue weighted by Crippen LogP contribution is 2.40. The molecule has 2 atom stereocenters. The van der Waals surface area contributed by atoms with Crippen molar-refractivity contribution in [2.45, 2.75) is 25.8 Å². The lowest BCUT2D eigenvalue weighted by molar-refractivity contribution is -0.118. The van der Waals surface area contributed by atoms with Gasteiger partial charge in [0.05, 0.1) is 11.4 Å². The molecule has 178 valence electrons. The van der Waals surface area contributed by atoms with Crippen LogP contribution < -0.4 is 10.6 Å². The maximum atomic E-state index is 13.9. The first-order chi connectivity index (χ1) is 16.8. The minimum atomic E-state index is -0.967. The topological polar surface area (TPSA) is 76.0 Å². The number of nitrogens with one attached hydrogen (secondary N) is 2. The predicted octanol–water partition coefficient (Wildman–Crippen LogP) is 5.61. The summed E-state index contributed by atoms with van der Waals surface area (Å²) in [5.41, 5.74) is 3.08. The van der Waals surface area contributed by atoms with Gasteiger partial charge in [-0.2, -0.15) is 5.10 Å². The van der Waals surface area contributed by atoms with E-state index < -0.39 is 23.7 Å². The Morgan fingerprint density at radius 3 is 2.63 bits per heavy atom. The molecule has 3 aromatic rings. The lowest BCUT2D eigenvalue weighted by atomic mass is 9.81. The van der Waals surface area contributed by atoms with Crippen LogP contribution in [0.2, 0.25) is 0 Å². The first kappa shape index (κ1) is 24.6. The molecular formula is C27H24FIN4O2. The number of rotatable bonds is 6. The largest absolute Gasteiger partial charge is 0.339 e. The average molecular weight is 582 g/mol. The number of carbonyl (C=O) groups is 2. The zero-order valence-corrected chi connectivity index (χ0v) is 21.4. The molecule has 2 amide bonds. The van der Waals surface area contributed by atoms with Crippen LogP contribution in [0.1, 0.15) is 34.5 Å². The maximum Gasteiger partial charge on any atom is 0.251 e. The molecule has 2 N–H and O–H groups in total. The summed E-state index contributed by atoms with van der Waals surface area (Å²) in [5, 5.41) is 10.5. The van der Waals surface area contributed by atoms with Crippen LogP contribution in [0.5, 0.6) is 0 Å². The number of para-hydroxylation sites is 1. The Labute approximate surface area is 216 Å². The van der Waals surface area contributed by atoms with Crippen molar-refractivity contribution in [1.82, 2.24) is 15.1 Å². The molecule has 0 saturated heterocycles. The molecule has 0 spiro atoms. The van der Waals surface area contributed by atoms with E-state index in [4.69, 9.17) is 0 Å². The Morgan fingerprint density at radius 1 is 1.20 bits per heavy atom. The van der Waals surface area contributed by atoms with Gasteiger partial charge in [-0.15, -0.1) is 0 Å². The maximum absolute atomic E-state index is 13.9. The second kappa shape index (κ2) is 10.4. The van der Waals surface area contributed by atoms with E-state index in [1.807, 2.05) is 43.3 Å². The van der Waals surface area contributed by atoms with E-state index in [1.54, 1.807) is 29.8 Å². The summed E-state index contributed by atoms with van der Waals surface area (Å²) in [5.74, 6) is -1.36. The third kappa shape index (κ3) is 5.12. The number of halogens is 2. The van der Waals surface area contributed by atoms with Gasteiger partial charge in [-0.25, -0.2) is 9.07 Å². The van der Waals surface area contributed by atoms with E-state index >= 15 is 0 Å². The van der Waals surface area contributed by atoms with Gasteiger partial charge in [0.25, 0.3) is 5.91 Å². The van der Waals surface area contributed by atoms with Crippen molar-refractivity contribution in [2.24, 2.45) is 0 Å². The quantitative estimate of drug-likeness (QED) is 0.294. The number of hydrogen-bond donors (Lipinski definition) is 2. The number of amides is 2. The smallest absolute Gasteiger partial charge is 0.251 e. The molecule has 0 bridgehead atoms. The van der Waals surface area contributed by atoms with Crippen molar-refractivity contribution < 1.29 is 14.0 Å². The molecule has 4 rings (SSSR count). The SMILES string of the molecule is C=C(/C=C\C(F)=C/C)[C@H]1c2c(C)nn(-c3ccccc3)c2NC(=O)[C@H]1NC(=O)c1cccc(I)c1. The Kier molecular flexibility index (Phi) is 7.30. The molecule has 0 unspecified atom stereocenters. The summed E-state index contributed by atoms with van der Waals surface area (Å²) >= 11 is 2.13. The average Bonchev–Trinajstić information content (AvgIpc) is 3.18. The van der Waals surface area contributed by atoms with E-state index in [2.05, 4.69) is 44.9 Å². The lowest BCUT2D eigenvalue weighted by Crippen LogP contribution is -2.50. The number of aromatic nitrogens is 2. The van der Waals surface area contributed by atoms with Gasteiger partial charge in [-0.3, -0.25) is 9.59 Å². The number of anilines is 1. The molecule has 35 heavy (non-hydrogen) atoms. The number of aryl methyl sites for hydroxylation is 1. The molecule has 1 aliphatic rings. The predicted molar refractivity (Wildman–Crippen MR) is 143 cm³/mol. The van der Waals surface area contributed by atoms with E-state index in [0.29, 0.717) is 22.6 Å². The second-order valence-corrected chi connectivity index (χ2v) is 9.35. The fourth-order valence-corrected chi connectivity index (χ4v) is 4.63. The summed E-state index contributed by atoms with van der Waals surface area (Å²) in [7, 11) is 0. The Morgan fingerprint density at radius 2 is 1.94 bits per heavy atom. The van der Waals surface area contributed by atoms with Gasteiger partial charge >= 0.3 is 0 Å². The fraction of sp³-hybridized carbons (Fsp3) is 0.148. The van der Waals surface area contributed by atoms with Crippen LogP contribution in [-0.4, -0.2) is 27.6 Å². The molecule has 1 aromatic heterocycles. The molecular weight excluding hydrogens is 558 g/mol. The zero-order valence-electron chi connectivity index (χ0n) is 19.3. The molecule has 0 saturated carbocycles. The highest BCUT2D eigenvalue weighted by atomic mass is 127. The van der Waals surface area contributed by atoms with Crippen molar-refractivity contribution in [1.29, 1.82) is 0 Å². The van der Waals surface area contributed by atoms with E-state index in [1.165, 1.54) is 18.2 Å². The third-order valence-electron chi connectivity index (χ3n) is 5.78. The van der Waals surface area contributed by atoms with Gasteiger partial charge in [0.15, 0.2) is 0 Å². The van der Waals surface area contributed by atoms with Gasteiger partial charge < -0.3 is 10.6 Å². The number of allylic oxidation sites excluding steroid dienone is 4. The molecule has 6 nitrogen and oxygen atoms in total. The summed E-state index contributed by atoms with van der Waals surface area (Å²) in [6, 6.07) is 15.5. The van der Waals surface area contributed by atoms with Crippen LogP contribution in [0.25, 0.3) is 5.69 Å². The monoisotopic (exact) mass is 582 g/mol. The van der Waals surface area contributed by atoms with Crippen LogP contribution in [-0.2, 0) is 4.79 Å². The summed E-state index contributed by atoms with van der Waals surface area (Å²) in [6.45, 7) is 7.56. The van der Waals surface area contributed by atoms with Gasteiger partial charge in [-0.05, 0) is 78.4 Å². The summed E-state index contributed by atoms with van der Waals surface area (Å²) in [4.78, 5) is 26.5.